The molecule has 1 aromatic heterocycles. The molecule has 1 N–H and O–H groups in total. The minimum Gasteiger partial charge on any atom is -0.554 e. The van der Waals surface area contributed by atoms with Gasteiger partial charge < -0.3 is 28.8 Å². The normalized spacial score (nSPS) is 15.9. The number of hydrogen-bond acceptors (Lipinski definition) is 6. The minimum atomic E-state index is -1.13. The van der Waals surface area contributed by atoms with Crippen LogP contribution in [-0.2, 0) is 28.1 Å². The van der Waals surface area contributed by atoms with Gasteiger partial charge in [-0.1, -0.05) is 85.1 Å². The van der Waals surface area contributed by atoms with Crippen LogP contribution >= 0.6 is 0 Å². The molecule has 200 valence electrons. The molecule has 1 fully saturated rings. The molecule has 1 unspecified atom stereocenters. The Kier molecular flexibility index (Phi) is 10.9. The fourth-order valence-electron chi connectivity index (χ4n) is 5.12. The topological polar surface area (TPSA) is 95.6 Å². The van der Waals surface area contributed by atoms with E-state index in [9.17, 15) is 5.11 Å². The van der Waals surface area contributed by atoms with E-state index >= 15 is 0 Å². The van der Waals surface area contributed by atoms with E-state index in [4.69, 9.17) is 19.2 Å². The molecule has 1 heterocycles. The Morgan fingerprint density at radius 3 is 2.32 bits per heavy atom. The maximum Gasteiger partial charge on any atom is 0.173 e. The van der Waals surface area contributed by atoms with Gasteiger partial charge in [-0.15, -0.1) is 0 Å². The second-order valence-electron chi connectivity index (χ2n) is 10.4. The lowest BCUT2D eigenvalue weighted by atomic mass is 9.72. The zero-order valence-electron chi connectivity index (χ0n) is 22.1. The van der Waals surface area contributed by atoms with E-state index in [2.05, 4.69) is 43.5 Å². The highest BCUT2D eigenvalue weighted by Gasteiger charge is 2.44. The number of benzene rings is 2. The summed E-state index contributed by atoms with van der Waals surface area (Å²) in [5, 5.41) is 24.7. The highest BCUT2D eigenvalue weighted by Crippen LogP contribution is 2.44. The van der Waals surface area contributed by atoms with Crippen molar-refractivity contribution >= 4 is 6.47 Å². The highest BCUT2D eigenvalue weighted by molar-refractivity contribution is 5.33. The van der Waals surface area contributed by atoms with Gasteiger partial charge in [-0.05, 0) is 36.3 Å². The first-order valence-electron chi connectivity index (χ1n) is 13.1. The third kappa shape index (κ3) is 8.25. The third-order valence-electron chi connectivity index (χ3n) is 7.15. The predicted molar refractivity (Wildman–Crippen MR) is 140 cm³/mol. The number of hydrogen-bond donors (Lipinski definition) is 1. The first-order chi connectivity index (χ1) is 17.9. The van der Waals surface area contributed by atoms with Gasteiger partial charge in [0.1, 0.15) is 18.8 Å². The molecule has 0 radical (unpaired) electrons. The van der Waals surface area contributed by atoms with Crippen LogP contribution < -0.4 is 5.11 Å². The Morgan fingerprint density at radius 1 is 1.05 bits per heavy atom. The van der Waals surface area contributed by atoms with Gasteiger partial charge in [-0.25, -0.2) is 0 Å². The minimum absolute atomic E-state index is 0.143. The van der Waals surface area contributed by atoms with Gasteiger partial charge >= 0.3 is 0 Å². The molecule has 7 nitrogen and oxygen atoms in total. The van der Waals surface area contributed by atoms with Crippen LogP contribution in [0, 0.1) is 5.92 Å². The molecule has 3 aromatic rings. The van der Waals surface area contributed by atoms with E-state index < -0.39 is 12.1 Å². The third-order valence-corrected chi connectivity index (χ3v) is 7.15. The summed E-state index contributed by atoms with van der Waals surface area (Å²) in [5.41, 5.74) is 1.93. The quantitative estimate of drug-likeness (QED) is 0.241. The fraction of sp³-hybridized carbons (Fsp3) is 0.467. The SMILES string of the molecule is C[N+](C)(CCOCCc1ccccc1)Cc1cc(C(O)(c2ccccc2)C2CCCCC2)on1.O=C[O-]. The first-order valence-corrected chi connectivity index (χ1v) is 13.1. The number of quaternary nitrogens is 1. The fourth-order valence-corrected chi connectivity index (χ4v) is 5.12. The summed E-state index contributed by atoms with van der Waals surface area (Å²) < 4.78 is 12.5. The van der Waals surface area contributed by atoms with Gasteiger partial charge in [0.15, 0.2) is 11.4 Å². The van der Waals surface area contributed by atoms with Crippen LogP contribution in [0.2, 0.25) is 0 Å². The maximum absolute atomic E-state index is 12.0. The molecule has 0 aliphatic heterocycles. The average molecular weight is 509 g/mol. The summed E-state index contributed by atoms with van der Waals surface area (Å²) in [7, 11) is 4.36. The highest BCUT2D eigenvalue weighted by atomic mass is 16.5. The second kappa shape index (κ2) is 14.1. The van der Waals surface area contributed by atoms with E-state index in [1.165, 1.54) is 12.0 Å². The Balaban J connectivity index is 0.00000121. The molecule has 0 saturated heterocycles. The number of rotatable bonds is 11. The lowest BCUT2D eigenvalue weighted by Crippen LogP contribution is -2.41. The monoisotopic (exact) mass is 508 g/mol. The number of likely N-dealkylation sites (N-methyl/N-ethyl adjacent to an activating group) is 1. The zero-order valence-corrected chi connectivity index (χ0v) is 22.1. The van der Waals surface area contributed by atoms with Crippen LogP contribution in [0.15, 0.2) is 71.3 Å². The Hall–Kier alpha value is -3.00. The molecular weight excluding hydrogens is 468 g/mol. The van der Waals surface area contributed by atoms with Crippen molar-refractivity contribution in [1.29, 1.82) is 0 Å². The molecule has 1 aliphatic carbocycles. The van der Waals surface area contributed by atoms with Crippen LogP contribution in [0.5, 0.6) is 0 Å². The van der Waals surface area contributed by atoms with E-state index in [0.717, 1.165) is 67.5 Å². The Bertz CT molecular complexity index is 1050. The molecule has 7 heteroatoms. The molecule has 0 bridgehead atoms. The molecule has 2 aromatic carbocycles. The van der Waals surface area contributed by atoms with Gasteiger partial charge in [0.05, 0.1) is 27.3 Å². The predicted octanol–water partition coefficient (Wildman–Crippen LogP) is 3.69. The van der Waals surface area contributed by atoms with Crippen molar-refractivity contribution in [3.63, 3.8) is 0 Å². The number of carbonyl (C=O) groups excluding carboxylic acids is 1. The summed E-state index contributed by atoms with van der Waals surface area (Å²) in [6, 6.07) is 22.4. The van der Waals surface area contributed by atoms with Gasteiger partial charge in [0.25, 0.3) is 0 Å². The Morgan fingerprint density at radius 2 is 1.68 bits per heavy atom. The molecule has 0 spiro atoms. The summed E-state index contributed by atoms with van der Waals surface area (Å²) >= 11 is 0. The number of nitrogens with zero attached hydrogens (tertiary/aromatic N) is 2. The Labute approximate surface area is 220 Å². The van der Waals surface area contributed by atoms with Crippen LogP contribution in [0.1, 0.15) is 54.7 Å². The largest absolute Gasteiger partial charge is 0.554 e. The first kappa shape index (κ1) is 28.6. The molecule has 37 heavy (non-hydrogen) atoms. The number of aliphatic hydroxyl groups is 1. The number of aromatic nitrogens is 1. The summed E-state index contributed by atoms with van der Waals surface area (Å²) in [6.45, 7) is 2.52. The van der Waals surface area contributed by atoms with Gasteiger partial charge in [0, 0.05) is 12.5 Å². The van der Waals surface area contributed by atoms with Crippen molar-refractivity contribution in [3.8, 4) is 0 Å². The molecule has 1 saturated carbocycles. The van der Waals surface area contributed by atoms with Crippen molar-refractivity contribution in [2.75, 3.05) is 33.9 Å². The van der Waals surface area contributed by atoms with Crippen LogP contribution in [0.3, 0.4) is 0 Å². The standard InChI is InChI=1S/C29H39N2O3.CH2O2/c1-31(2,19-21-33-20-18-24-12-6-3-7-13-24)23-27-22-28(34-30-27)29(32,25-14-8-4-9-15-25)26-16-10-5-11-17-26;2-1-3/h3-4,6-9,12-15,22,26,32H,5,10-11,16-21,23H2,1-2H3;1H,(H,2,3)/q+1;/p-1. The van der Waals surface area contributed by atoms with Crippen molar-refractivity contribution in [3.05, 3.63) is 89.3 Å². The van der Waals surface area contributed by atoms with Gasteiger partial charge in [-0.2, -0.15) is 0 Å². The maximum atomic E-state index is 12.0. The van der Waals surface area contributed by atoms with Crippen molar-refractivity contribution < 1.29 is 28.8 Å². The lowest BCUT2D eigenvalue weighted by molar-refractivity contribution is -0.904. The smallest absolute Gasteiger partial charge is 0.173 e. The van der Waals surface area contributed by atoms with Gasteiger partial charge in [0.2, 0.25) is 0 Å². The second-order valence-corrected chi connectivity index (χ2v) is 10.4. The molecular formula is C30H40N2O5. The summed E-state index contributed by atoms with van der Waals surface area (Å²) in [5.74, 6) is 0.713. The van der Waals surface area contributed by atoms with Crippen LogP contribution in [0.4, 0.5) is 0 Å². The van der Waals surface area contributed by atoms with E-state index in [1.54, 1.807) is 0 Å². The van der Waals surface area contributed by atoms with E-state index in [-0.39, 0.29) is 5.92 Å². The number of carbonyl (C=O) groups is 1. The lowest BCUT2D eigenvalue weighted by Gasteiger charge is -2.37. The van der Waals surface area contributed by atoms with Crippen LogP contribution in [0.25, 0.3) is 0 Å². The summed E-state index contributed by atoms with van der Waals surface area (Å²) in [6.07, 6.45) is 6.47. The van der Waals surface area contributed by atoms with Crippen molar-refractivity contribution in [1.82, 2.24) is 5.16 Å². The van der Waals surface area contributed by atoms with Crippen LogP contribution in [-0.4, -0.2) is 55.1 Å². The van der Waals surface area contributed by atoms with E-state index in [1.807, 2.05) is 42.5 Å². The van der Waals surface area contributed by atoms with E-state index in [0.29, 0.717) is 12.4 Å². The van der Waals surface area contributed by atoms with Gasteiger partial charge in [-0.3, -0.25) is 0 Å². The molecule has 1 aliphatic rings. The summed E-state index contributed by atoms with van der Waals surface area (Å²) in [4.78, 5) is 8.25. The zero-order chi connectivity index (χ0) is 26.6. The molecule has 0 amide bonds. The number of carboxylic acid groups (broad SMARTS) is 1. The number of ether oxygens (including phenoxy) is 1. The van der Waals surface area contributed by atoms with Crippen molar-refractivity contribution in [2.45, 2.75) is 50.7 Å². The average Bonchev–Trinajstić information content (AvgIpc) is 3.38. The molecule has 1 atom stereocenters. The molecule has 4 rings (SSSR count). The van der Waals surface area contributed by atoms with Crippen molar-refractivity contribution in [2.24, 2.45) is 5.92 Å².